The van der Waals surface area contributed by atoms with Crippen molar-refractivity contribution in [2.45, 2.75) is 33.6 Å². The summed E-state index contributed by atoms with van der Waals surface area (Å²) >= 11 is 0. The van der Waals surface area contributed by atoms with Crippen molar-refractivity contribution in [2.24, 2.45) is 0 Å². The quantitative estimate of drug-likeness (QED) is 0.568. The van der Waals surface area contributed by atoms with Crippen LogP contribution in [-0.2, 0) is 0 Å². The minimum atomic E-state index is 1.08. The van der Waals surface area contributed by atoms with Gasteiger partial charge in [0.2, 0.25) is 0 Å². The first-order valence-corrected chi connectivity index (χ1v) is 8.95. The molecule has 1 aromatic heterocycles. The number of aromatic nitrogens is 1. The fourth-order valence-corrected chi connectivity index (χ4v) is 3.36. The number of pyridine rings is 1. The maximum Gasteiger partial charge on any atom is 0.0804 e. The molecule has 0 unspecified atom stereocenters. The van der Waals surface area contributed by atoms with Gasteiger partial charge in [-0.2, -0.15) is 0 Å². The van der Waals surface area contributed by atoms with Crippen molar-refractivity contribution in [3.8, 4) is 11.1 Å². The highest BCUT2D eigenvalue weighted by atomic mass is 15.1. The van der Waals surface area contributed by atoms with Gasteiger partial charge in [0.25, 0.3) is 0 Å². The third-order valence-electron chi connectivity index (χ3n) is 4.36. The van der Waals surface area contributed by atoms with E-state index in [1.807, 2.05) is 0 Å². The second kappa shape index (κ2) is 7.48. The van der Waals surface area contributed by atoms with E-state index < -0.39 is 0 Å². The van der Waals surface area contributed by atoms with E-state index in [0.29, 0.717) is 0 Å². The molecule has 0 amide bonds. The number of nitrogens with zero attached hydrogens (tertiary/aromatic N) is 2. The molecule has 0 bridgehead atoms. The average Bonchev–Trinajstić information content (AvgIpc) is 2.61. The Morgan fingerprint density at radius 2 is 1.58 bits per heavy atom. The van der Waals surface area contributed by atoms with E-state index in [1.54, 1.807) is 0 Å². The topological polar surface area (TPSA) is 16.1 Å². The van der Waals surface area contributed by atoms with Crippen LogP contribution in [0.1, 0.15) is 32.4 Å². The predicted molar refractivity (Wildman–Crippen MR) is 105 cm³/mol. The molecule has 0 atom stereocenters. The summed E-state index contributed by atoms with van der Waals surface area (Å²) in [4.78, 5) is 7.39. The lowest BCUT2D eigenvalue weighted by Crippen LogP contribution is -2.25. The SMILES string of the molecule is CCCN(CCC)c1cc(C)nc2c(-c3ccccc3)cccc12. The molecule has 124 valence electrons. The van der Waals surface area contributed by atoms with Gasteiger partial charge < -0.3 is 4.90 Å². The Balaban J connectivity index is 2.22. The lowest BCUT2D eigenvalue weighted by atomic mass is 10.0. The van der Waals surface area contributed by atoms with Gasteiger partial charge in [0.15, 0.2) is 0 Å². The van der Waals surface area contributed by atoms with Crippen molar-refractivity contribution in [1.82, 2.24) is 4.98 Å². The van der Waals surface area contributed by atoms with Crippen LogP contribution in [0.15, 0.2) is 54.6 Å². The monoisotopic (exact) mass is 318 g/mol. The van der Waals surface area contributed by atoms with E-state index >= 15 is 0 Å². The number of rotatable bonds is 6. The van der Waals surface area contributed by atoms with Crippen LogP contribution in [0, 0.1) is 6.92 Å². The molecule has 24 heavy (non-hydrogen) atoms. The Morgan fingerprint density at radius 3 is 2.25 bits per heavy atom. The maximum absolute atomic E-state index is 4.89. The van der Waals surface area contributed by atoms with Gasteiger partial charge in [-0.1, -0.05) is 62.4 Å². The minimum absolute atomic E-state index is 1.08. The fraction of sp³-hybridized carbons (Fsp3) is 0.318. The smallest absolute Gasteiger partial charge is 0.0804 e. The number of aryl methyl sites for hydroxylation is 1. The highest BCUT2D eigenvalue weighted by molar-refractivity contribution is 6.00. The first kappa shape index (κ1) is 16.5. The lowest BCUT2D eigenvalue weighted by Gasteiger charge is -2.26. The highest BCUT2D eigenvalue weighted by Gasteiger charge is 2.13. The predicted octanol–water partition coefficient (Wildman–Crippen LogP) is 5.84. The van der Waals surface area contributed by atoms with Crippen molar-refractivity contribution in [2.75, 3.05) is 18.0 Å². The number of benzene rings is 2. The van der Waals surface area contributed by atoms with Crippen LogP contribution < -0.4 is 4.90 Å². The molecule has 0 aliphatic rings. The average molecular weight is 318 g/mol. The van der Waals surface area contributed by atoms with E-state index in [2.05, 4.69) is 80.3 Å². The van der Waals surface area contributed by atoms with E-state index in [4.69, 9.17) is 4.98 Å². The molecule has 3 aromatic rings. The lowest BCUT2D eigenvalue weighted by molar-refractivity contribution is 0.746. The molecule has 2 aromatic carbocycles. The molecular formula is C22H26N2. The summed E-state index contributed by atoms with van der Waals surface area (Å²) in [6.45, 7) is 8.76. The molecule has 0 radical (unpaired) electrons. The Bertz CT molecular complexity index is 803. The summed E-state index contributed by atoms with van der Waals surface area (Å²) < 4.78 is 0. The molecule has 0 spiro atoms. The molecule has 0 fully saturated rings. The summed E-state index contributed by atoms with van der Waals surface area (Å²) in [5.74, 6) is 0. The van der Waals surface area contributed by atoms with Crippen molar-refractivity contribution in [3.63, 3.8) is 0 Å². The molecule has 2 nitrogen and oxygen atoms in total. The van der Waals surface area contributed by atoms with Crippen LogP contribution in [0.4, 0.5) is 5.69 Å². The number of hydrogen-bond acceptors (Lipinski definition) is 2. The van der Waals surface area contributed by atoms with E-state index in [1.165, 1.54) is 22.2 Å². The third-order valence-corrected chi connectivity index (χ3v) is 4.36. The van der Waals surface area contributed by atoms with Gasteiger partial charge in [0, 0.05) is 35.4 Å². The Morgan fingerprint density at radius 1 is 0.875 bits per heavy atom. The fourth-order valence-electron chi connectivity index (χ4n) is 3.36. The highest BCUT2D eigenvalue weighted by Crippen LogP contribution is 2.33. The summed E-state index contributed by atoms with van der Waals surface area (Å²) in [6, 6.07) is 19.3. The number of fused-ring (bicyclic) bond motifs is 1. The molecule has 0 N–H and O–H groups in total. The third kappa shape index (κ3) is 3.28. The van der Waals surface area contributed by atoms with Crippen molar-refractivity contribution >= 4 is 16.6 Å². The minimum Gasteiger partial charge on any atom is -0.371 e. The van der Waals surface area contributed by atoms with Gasteiger partial charge in [0.05, 0.1) is 5.52 Å². The number of para-hydroxylation sites is 1. The van der Waals surface area contributed by atoms with Crippen LogP contribution in [0.2, 0.25) is 0 Å². The van der Waals surface area contributed by atoms with E-state index in [-0.39, 0.29) is 0 Å². The molecule has 1 heterocycles. The second-order valence-corrected chi connectivity index (χ2v) is 6.34. The van der Waals surface area contributed by atoms with Crippen LogP contribution in [0.3, 0.4) is 0 Å². The molecule has 2 heteroatoms. The molecule has 0 saturated heterocycles. The zero-order chi connectivity index (χ0) is 16.9. The van der Waals surface area contributed by atoms with Crippen LogP contribution in [-0.4, -0.2) is 18.1 Å². The maximum atomic E-state index is 4.89. The standard InChI is InChI=1S/C22H26N2/c1-4-14-24(15-5-2)21-16-17(3)23-22-19(12-9-13-20(21)22)18-10-7-6-8-11-18/h6-13,16H,4-5,14-15H2,1-3H3. The molecule has 3 rings (SSSR count). The molecule has 0 aliphatic heterocycles. The second-order valence-electron chi connectivity index (χ2n) is 6.34. The first-order chi connectivity index (χ1) is 11.7. The van der Waals surface area contributed by atoms with Gasteiger partial charge in [-0.25, -0.2) is 0 Å². The normalized spacial score (nSPS) is 11.0. The largest absolute Gasteiger partial charge is 0.371 e. The molecule has 0 aliphatic carbocycles. The van der Waals surface area contributed by atoms with Gasteiger partial charge in [-0.15, -0.1) is 0 Å². The van der Waals surface area contributed by atoms with Crippen molar-refractivity contribution in [3.05, 3.63) is 60.3 Å². The Hall–Kier alpha value is -2.35. The van der Waals surface area contributed by atoms with E-state index in [9.17, 15) is 0 Å². The summed E-state index contributed by atoms with van der Waals surface area (Å²) in [7, 11) is 0. The Labute approximate surface area is 145 Å². The van der Waals surface area contributed by atoms with Gasteiger partial charge >= 0.3 is 0 Å². The number of hydrogen-bond donors (Lipinski definition) is 0. The van der Waals surface area contributed by atoms with E-state index in [0.717, 1.165) is 37.1 Å². The van der Waals surface area contributed by atoms with Crippen LogP contribution >= 0.6 is 0 Å². The first-order valence-electron chi connectivity index (χ1n) is 8.95. The van der Waals surface area contributed by atoms with Gasteiger partial charge in [0.1, 0.15) is 0 Å². The van der Waals surface area contributed by atoms with Crippen molar-refractivity contribution < 1.29 is 0 Å². The van der Waals surface area contributed by atoms with Gasteiger partial charge in [-0.3, -0.25) is 4.98 Å². The molecule has 0 saturated carbocycles. The van der Waals surface area contributed by atoms with Gasteiger partial charge in [-0.05, 0) is 31.4 Å². The summed E-state index contributed by atoms with van der Waals surface area (Å²) in [5, 5.41) is 1.25. The van der Waals surface area contributed by atoms with Crippen molar-refractivity contribution in [1.29, 1.82) is 0 Å². The van der Waals surface area contributed by atoms with Crippen LogP contribution in [0.25, 0.3) is 22.0 Å². The summed E-state index contributed by atoms with van der Waals surface area (Å²) in [5.41, 5.74) is 5.95. The molecular weight excluding hydrogens is 292 g/mol. The zero-order valence-electron chi connectivity index (χ0n) is 14.9. The summed E-state index contributed by atoms with van der Waals surface area (Å²) in [6.07, 6.45) is 2.31. The number of anilines is 1. The Kier molecular flexibility index (Phi) is 5.14. The van der Waals surface area contributed by atoms with Crippen LogP contribution in [0.5, 0.6) is 0 Å². The zero-order valence-corrected chi connectivity index (χ0v) is 14.9.